The van der Waals surface area contributed by atoms with Crippen molar-refractivity contribution >= 4 is 16.7 Å². The highest BCUT2D eigenvalue weighted by molar-refractivity contribution is 5.82. The van der Waals surface area contributed by atoms with Gasteiger partial charge in [-0.1, -0.05) is 18.2 Å². The van der Waals surface area contributed by atoms with Gasteiger partial charge in [0, 0.05) is 11.5 Å². The van der Waals surface area contributed by atoms with Gasteiger partial charge in [-0.05, 0) is 11.5 Å². The fourth-order valence-corrected chi connectivity index (χ4v) is 1.40. The molecule has 0 radical (unpaired) electrons. The van der Waals surface area contributed by atoms with E-state index in [0.29, 0.717) is 10.8 Å². The highest BCUT2D eigenvalue weighted by Gasteiger charge is 2.03. The minimum Gasteiger partial charge on any atom is -0.479 e. The van der Waals surface area contributed by atoms with Gasteiger partial charge in [0.15, 0.2) is 12.5 Å². The first kappa shape index (κ1) is 10.2. The lowest BCUT2D eigenvalue weighted by atomic mass is 10.2. The highest BCUT2D eigenvalue weighted by atomic mass is 16.5. The van der Waals surface area contributed by atoms with Crippen molar-refractivity contribution in [2.24, 2.45) is 0 Å². The van der Waals surface area contributed by atoms with E-state index in [1.807, 2.05) is 0 Å². The molecule has 0 spiro atoms. The van der Waals surface area contributed by atoms with Crippen LogP contribution in [0.2, 0.25) is 0 Å². The zero-order valence-corrected chi connectivity index (χ0v) is 8.27. The SMILES string of the molecule is O=C(O)COc1cc2ccccc2c(=O)[nH]1. The third-order valence-electron chi connectivity index (χ3n) is 2.08. The standard InChI is InChI=1S/C11H9NO4/c13-10(14)6-16-9-5-7-3-1-2-4-8(7)11(15)12-9/h1-5H,6H2,(H,12,15)(H,13,14). The highest BCUT2D eigenvalue weighted by Crippen LogP contribution is 2.13. The number of hydrogen-bond donors (Lipinski definition) is 2. The monoisotopic (exact) mass is 219 g/mol. The summed E-state index contributed by atoms with van der Waals surface area (Å²) >= 11 is 0. The van der Waals surface area contributed by atoms with E-state index >= 15 is 0 Å². The van der Waals surface area contributed by atoms with Gasteiger partial charge in [-0.25, -0.2) is 4.79 Å². The van der Waals surface area contributed by atoms with Gasteiger partial charge in [0.1, 0.15) is 0 Å². The summed E-state index contributed by atoms with van der Waals surface area (Å²) in [6, 6.07) is 8.60. The summed E-state index contributed by atoms with van der Waals surface area (Å²) in [6.45, 7) is -0.478. The molecule has 0 fully saturated rings. The smallest absolute Gasteiger partial charge is 0.341 e. The third kappa shape index (κ3) is 2.03. The minimum atomic E-state index is -1.09. The number of aromatic nitrogens is 1. The van der Waals surface area contributed by atoms with Crippen LogP contribution in [0.4, 0.5) is 0 Å². The maximum atomic E-state index is 11.6. The van der Waals surface area contributed by atoms with Crippen LogP contribution in [0.25, 0.3) is 10.8 Å². The van der Waals surface area contributed by atoms with Crippen molar-refractivity contribution in [2.45, 2.75) is 0 Å². The number of pyridine rings is 1. The number of carboxylic acid groups (broad SMARTS) is 1. The number of fused-ring (bicyclic) bond motifs is 1. The number of benzene rings is 1. The van der Waals surface area contributed by atoms with Crippen LogP contribution in [0.3, 0.4) is 0 Å². The molecule has 5 heteroatoms. The fraction of sp³-hybridized carbons (Fsp3) is 0.0909. The van der Waals surface area contributed by atoms with Gasteiger partial charge >= 0.3 is 5.97 Å². The first-order valence-electron chi connectivity index (χ1n) is 4.63. The molecule has 82 valence electrons. The number of rotatable bonds is 3. The van der Waals surface area contributed by atoms with Crippen LogP contribution in [-0.2, 0) is 4.79 Å². The van der Waals surface area contributed by atoms with Crippen LogP contribution in [-0.4, -0.2) is 22.7 Å². The molecule has 0 bridgehead atoms. The van der Waals surface area contributed by atoms with Crippen LogP contribution in [0.15, 0.2) is 35.1 Å². The Hall–Kier alpha value is -2.30. The van der Waals surface area contributed by atoms with E-state index in [4.69, 9.17) is 9.84 Å². The molecule has 2 rings (SSSR count). The summed E-state index contributed by atoms with van der Waals surface area (Å²) in [7, 11) is 0. The molecule has 16 heavy (non-hydrogen) atoms. The molecular formula is C11H9NO4. The van der Waals surface area contributed by atoms with Crippen LogP contribution in [0.1, 0.15) is 0 Å². The molecule has 2 N–H and O–H groups in total. The quantitative estimate of drug-likeness (QED) is 0.806. The average molecular weight is 219 g/mol. The number of aliphatic carboxylic acids is 1. The van der Waals surface area contributed by atoms with Gasteiger partial charge in [0.25, 0.3) is 5.56 Å². The molecule has 0 saturated carbocycles. The Bertz CT molecular complexity index is 588. The summed E-state index contributed by atoms with van der Waals surface area (Å²) in [5.41, 5.74) is -0.293. The lowest BCUT2D eigenvalue weighted by Gasteiger charge is -2.03. The minimum absolute atomic E-state index is 0.158. The van der Waals surface area contributed by atoms with Crippen molar-refractivity contribution in [1.29, 1.82) is 0 Å². The van der Waals surface area contributed by atoms with E-state index < -0.39 is 12.6 Å². The molecule has 1 heterocycles. The lowest BCUT2D eigenvalue weighted by molar-refractivity contribution is -0.139. The van der Waals surface area contributed by atoms with E-state index in [0.717, 1.165) is 0 Å². The number of H-pyrrole nitrogens is 1. The number of carbonyl (C=O) groups is 1. The molecule has 0 amide bonds. The molecule has 1 aromatic heterocycles. The van der Waals surface area contributed by atoms with Gasteiger partial charge in [0.05, 0.1) is 0 Å². The molecule has 0 unspecified atom stereocenters. The number of ether oxygens (including phenoxy) is 1. The van der Waals surface area contributed by atoms with Crippen molar-refractivity contribution in [1.82, 2.24) is 4.98 Å². The van der Waals surface area contributed by atoms with Crippen molar-refractivity contribution in [3.63, 3.8) is 0 Å². The predicted molar refractivity (Wildman–Crippen MR) is 57.7 cm³/mol. The van der Waals surface area contributed by atoms with Gasteiger partial charge < -0.3 is 9.84 Å². The topological polar surface area (TPSA) is 79.4 Å². The Morgan fingerprint density at radius 1 is 1.38 bits per heavy atom. The number of aromatic amines is 1. The van der Waals surface area contributed by atoms with E-state index in [-0.39, 0.29) is 11.4 Å². The second-order valence-corrected chi connectivity index (χ2v) is 3.23. The van der Waals surface area contributed by atoms with Gasteiger partial charge in [0.2, 0.25) is 0 Å². The van der Waals surface area contributed by atoms with Crippen molar-refractivity contribution < 1.29 is 14.6 Å². The Labute approximate surface area is 90.3 Å². The van der Waals surface area contributed by atoms with E-state index in [9.17, 15) is 9.59 Å². The molecule has 0 aliphatic carbocycles. The maximum absolute atomic E-state index is 11.6. The van der Waals surface area contributed by atoms with E-state index in [1.165, 1.54) is 0 Å². The fourth-order valence-electron chi connectivity index (χ4n) is 1.40. The van der Waals surface area contributed by atoms with Gasteiger partial charge in [-0.2, -0.15) is 0 Å². The molecule has 0 aliphatic rings. The number of hydrogen-bond acceptors (Lipinski definition) is 3. The van der Waals surface area contributed by atoms with Crippen LogP contribution < -0.4 is 10.3 Å². The van der Waals surface area contributed by atoms with Crippen LogP contribution in [0, 0.1) is 0 Å². The largest absolute Gasteiger partial charge is 0.479 e. The summed E-state index contributed by atoms with van der Waals surface area (Å²) in [6.07, 6.45) is 0. The summed E-state index contributed by atoms with van der Waals surface area (Å²) < 4.78 is 4.90. The van der Waals surface area contributed by atoms with Gasteiger partial charge in [-0.15, -0.1) is 0 Å². The normalized spacial score (nSPS) is 10.2. The Kier molecular flexibility index (Phi) is 2.59. The summed E-state index contributed by atoms with van der Waals surface area (Å²) in [5, 5.41) is 9.70. The third-order valence-corrected chi connectivity index (χ3v) is 2.08. The Morgan fingerprint density at radius 2 is 2.12 bits per heavy atom. The molecule has 1 aromatic carbocycles. The first-order valence-corrected chi connectivity index (χ1v) is 4.63. The summed E-state index contributed by atoms with van der Waals surface area (Å²) in [4.78, 5) is 24.3. The molecule has 0 atom stereocenters. The predicted octanol–water partition coefficient (Wildman–Crippen LogP) is 0.991. The molecule has 2 aromatic rings. The van der Waals surface area contributed by atoms with E-state index in [1.54, 1.807) is 30.3 Å². The molecule has 0 saturated heterocycles. The average Bonchev–Trinajstić information content (AvgIpc) is 2.26. The maximum Gasteiger partial charge on any atom is 0.341 e. The lowest BCUT2D eigenvalue weighted by Crippen LogP contribution is -2.13. The van der Waals surface area contributed by atoms with E-state index in [2.05, 4.69) is 4.98 Å². The second kappa shape index (κ2) is 4.06. The van der Waals surface area contributed by atoms with Crippen LogP contribution >= 0.6 is 0 Å². The van der Waals surface area contributed by atoms with Gasteiger partial charge in [-0.3, -0.25) is 9.78 Å². The zero-order valence-electron chi connectivity index (χ0n) is 8.27. The first-order chi connectivity index (χ1) is 7.66. The molecular weight excluding hydrogens is 210 g/mol. The molecule has 5 nitrogen and oxygen atoms in total. The Balaban J connectivity index is 2.42. The van der Waals surface area contributed by atoms with Crippen molar-refractivity contribution in [3.8, 4) is 5.88 Å². The van der Waals surface area contributed by atoms with Crippen LogP contribution in [0.5, 0.6) is 5.88 Å². The summed E-state index contributed by atoms with van der Waals surface area (Å²) in [5.74, 6) is -0.930. The Morgan fingerprint density at radius 3 is 2.88 bits per heavy atom. The number of nitrogens with one attached hydrogen (secondary N) is 1. The zero-order chi connectivity index (χ0) is 11.5. The molecule has 0 aliphatic heterocycles. The van der Waals surface area contributed by atoms with Crippen molar-refractivity contribution in [3.05, 3.63) is 40.7 Å². The van der Waals surface area contributed by atoms with Crippen molar-refractivity contribution in [2.75, 3.05) is 6.61 Å². The second-order valence-electron chi connectivity index (χ2n) is 3.23. The number of carboxylic acids is 1.